The average Bonchev–Trinajstić information content (AvgIpc) is 2.18. The van der Waals surface area contributed by atoms with Gasteiger partial charge in [0, 0.05) is 7.11 Å². The third kappa shape index (κ3) is 2.52. The zero-order valence-electron chi connectivity index (χ0n) is 8.13. The molecule has 0 radical (unpaired) electrons. The van der Waals surface area contributed by atoms with Crippen LogP contribution in [0.2, 0.25) is 0 Å². The van der Waals surface area contributed by atoms with E-state index in [2.05, 4.69) is 6.58 Å². The predicted molar refractivity (Wildman–Crippen MR) is 48.7 cm³/mol. The Morgan fingerprint density at radius 3 is 2.86 bits per heavy atom. The van der Waals surface area contributed by atoms with Gasteiger partial charge in [-0.15, -0.1) is 6.58 Å². The van der Waals surface area contributed by atoms with Gasteiger partial charge in [0.15, 0.2) is 6.29 Å². The van der Waals surface area contributed by atoms with Crippen LogP contribution < -0.4 is 0 Å². The summed E-state index contributed by atoms with van der Waals surface area (Å²) in [4.78, 5) is 0. The first kappa shape index (κ1) is 11.6. The maximum Gasteiger partial charge on any atom is 0.185 e. The maximum absolute atomic E-state index is 9.66. The minimum Gasteiger partial charge on any atom is -0.388 e. The van der Waals surface area contributed by atoms with Crippen molar-refractivity contribution in [1.82, 2.24) is 0 Å². The molecule has 0 bridgehead atoms. The lowest BCUT2D eigenvalue weighted by molar-refractivity contribution is -0.268. The van der Waals surface area contributed by atoms with Crippen LogP contribution in [0.3, 0.4) is 0 Å². The zero-order chi connectivity index (χ0) is 10.6. The quantitative estimate of drug-likeness (QED) is 0.592. The molecule has 0 amide bonds. The van der Waals surface area contributed by atoms with Crippen LogP contribution in [0.5, 0.6) is 0 Å². The minimum absolute atomic E-state index is 0.0946. The lowest BCUT2D eigenvalue weighted by atomic mass is 10.1. The Bertz CT molecular complexity index is 184. The van der Waals surface area contributed by atoms with E-state index in [4.69, 9.17) is 14.2 Å². The van der Waals surface area contributed by atoms with Gasteiger partial charge in [0.1, 0.15) is 18.3 Å². The topological polar surface area (TPSA) is 68.2 Å². The third-order valence-electron chi connectivity index (χ3n) is 2.06. The molecule has 0 aromatic carbocycles. The maximum atomic E-state index is 9.66. The van der Waals surface area contributed by atoms with Crippen LogP contribution in [0.4, 0.5) is 0 Å². The Hall–Kier alpha value is -0.460. The van der Waals surface area contributed by atoms with Gasteiger partial charge in [-0.2, -0.15) is 0 Å². The molecule has 82 valence electrons. The number of rotatable bonds is 4. The lowest BCUT2D eigenvalue weighted by Crippen LogP contribution is -2.54. The number of hydrogen-bond donors (Lipinski definition) is 2. The van der Waals surface area contributed by atoms with Gasteiger partial charge < -0.3 is 24.4 Å². The standard InChI is InChI=1S/C9H16O5/c1-3-4-13-8-6(10)5-14-9(12-2)7(8)11/h3,6-11H,1,4-5H2,2H3/t6-,7-,8+,9+/m1/s1. The fraction of sp³-hybridized carbons (Fsp3) is 0.778. The van der Waals surface area contributed by atoms with Gasteiger partial charge in [-0.05, 0) is 0 Å². The Morgan fingerprint density at radius 2 is 2.29 bits per heavy atom. The molecule has 4 atom stereocenters. The second-order valence-electron chi connectivity index (χ2n) is 3.08. The molecular formula is C9H16O5. The normalized spacial score (nSPS) is 38.2. The van der Waals surface area contributed by atoms with Crippen LogP contribution in [-0.2, 0) is 14.2 Å². The molecule has 0 spiro atoms. The molecular weight excluding hydrogens is 188 g/mol. The fourth-order valence-corrected chi connectivity index (χ4v) is 1.37. The molecule has 1 saturated heterocycles. The Balaban J connectivity index is 2.53. The van der Waals surface area contributed by atoms with Gasteiger partial charge in [-0.25, -0.2) is 0 Å². The van der Waals surface area contributed by atoms with Crippen molar-refractivity contribution in [2.24, 2.45) is 0 Å². The van der Waals surface area contributed by atoms with E-state index < -0.39 is 24.6 Å². The van der Waals surface area contributed by atoms with E-state index in [9.17, 15) is 10.2 Å². The highest BCUT2D eigenvalue weighted by molar-refractivity contribution is 4.85. The Labute approximate surface area is 82.9 Å². The molecule has 1 rings (SSSR count). The lowest BCUT2D eigenvalue weighted by Gasteiger charge is -2.36. The summed E-state index contributed by atoms with van der Waals surface area (Å²) in [5, 5.41) is 19.1. The molecule has 14 heavy (non-hydrogen) atoms. The van der Waals surface area contributed by atoms with Crippen molar-refractivity contribution in [3.63, 3.8) is 0 Å². The second-order valence-corrected chi connectivity index (χ2v) is 3.08. The first-order valence-electron chi connectivity index (χ1n) is 4.43. The zero-order valence-corrected chi connectivity index (χ0v) is 8.13. The minimum atomic E-state index is -0.983. The summed E-state index contributed by atoms with van der Waals surface area (Å²) in [6.45, 7) is 3.85. The average molecular weight is 204 g/mol. The van der Waals surface area contributed by atoms with Crippen molar-refractivity contribution in [2.75, 3.05) is 20.3 Å². The highest BCUT2D eigenvalue weighted by atomic mass is 16.7. The second kappa shape index (κ2) is 5.43. The number of methoxy groups -OCH3 is 1. The van der Waals surface area contributed by atoms with Crippen molar-refractivity contribution in [2.45, 2.75) is 24.6 Å². The monoisotopic (exact) mass is 204 g/mol. The number of hydrogen-bond acceptors (Lipinski definition) is 5. The molecule has 1 aliphatic heterocycles. The molecule has 0 aromatic heterocycles. The molecule has 1 fully saturated rings. The molecule has 5 nitrogen and oxygen atoms in total. The smallest absolute Gasteiger partial charge is 0.185 e. The van der Waals surface area contributed by atoms with E-state index in [1.54, 1.807) is 6.08 Å². The Morgan fingerprint density at radius 1 is 1.57 bits per heavy atom. The summed E-state index contributed by atoms with van der Waals surface area (Å²) in [7, 11) is 1.43. The highest BCUT2D eigenvalue weighted by Gasteiger charge is 2.39. The van der Waals surface area contributed by atoms with Gasteiger partial charge >= 0.3 is 0 Å². The highest BCUT2D eigenvalue weighted by Crippen LogP contribution is 2.18. The van der Waals surface area contributed by atoms with Crippen LogP contribution in [0.1, 0.15) is 0 Å². The molecule has 5 heteroatoms. The van der Waals surface area contributed by atoms with Crippen molar-refractivity contribution in [3.8, 4) is 0 Å². The molecule has 0 saturated carbocycles. The van der Waals surface area contributed by atoms with E-state index >= 15 is 0 Å². The molecule has 0 unspecified atom stereocenters. The summed E-state index contributed by atoms with van der Waals surface area (Å²) in [5.41, 5.74) is 0. The number of aliphatic hydroxyl groups is 2. The summed E-state index contributed by atoms with van der Waals surface area (Å²) >= 11 is 0. The van der Waals surface area contributed by atoms with Gasteiger partial charge in [0.25, 0.3) is 0 Å². The first-order valence-corrected chi connectivity index (χ1v) is 4.43. The van der Waals surface area contributed by atoms with Gasteiger partial charge in [-0.3, -0.25) is 0 Å². The third-order valence-corrected chi connectivity index (χ3v) is 2.06. The molecule has 1 aliphatic rings. The van der Waals surface area contributed by atoms with E-state index in [1.165, 1.54) is 7.11 Å². The van der Waals surface area contributed by atoms with E-state index in [1.807, 2.05) is 0 Å². The van der Waals surface area contributed by atoms with Gasteiger partial charge in [0.05, 0.1) is 13.2 Å². The van der Waals surface area contributed by atoms with Crippen LogP contribution >= 0.6 is 0 Å². The predicted octanol–water partition coefficient (Wildman–Crippen LogP) is -0.718. The van der Waals surface area contributed by atoms with Gasteiger partial charge in [-0.1, -0.05) is 6.08 Å². The Kier molecular flexibility index (Phi) is 4.50. The first-order chi connectivity index (χ1) is 6.70. The SMILES string of the molecule is C=CCO[C@@H]1[C@@H](O)[C@@H](OC)OC[C@H]1O. The van der Waals surface area contributed by atoms with Crippen molar-refractivity contribution in [1.29, 1.82) is 0 Å². The van der Waals surface area contributed by atoms with Crippen LogP contribution in [0.25, 0.3) is 0 Å². The fourth-order valence-electron chi connectivity index (χ4n) is 1.37. The largest absolute Gasteiger partial charge is 0.388 e. The van der Waals surface area contributed by atoms with Crippen LogP contribution in [0, 0.1) is 0 Å². The molecule has 1 heterocycles. The summed E-state index contributed by atoms with van der Waals surface area (Å²) in [5.74, 6) is 0. The van der Waals surface area contributed by atoms with Crippen LogP contribution in [0.15, 0.2) is 12.7 Å². The summed E-state index contributed by atoms with van der Waals surface area (Å²) < 4.78 is 15.1. The number of aliphatic hydroxyl groups excluding tert-OH is 2. The van der Waals surface area contributed by atoms with Crippen LogP contribution in [-0.4, -0.2) is 55.1 Å². The van der Waals surface area contributed by atoms with E-state index in [-0.39, 0.29) is 13.2 Å². The van der Waals surface area contributed by atoms with E-state index in [0.29, 0.717) is 0 Å². The summed E-state index contributed by atoms with van der Waals surface area (Å²) in [6.07, 6.45) is -1.70. The van der Waals surface area contributed by atoms with Crippen molar-refractivity contribution < 1.29 is 24.4 Å². The number of ether oxygens (including phenoxy) is 3. The molecule has 0 aromatic rings. The van der Waals surface area contributed by atoms with Crippen molar-refractivity contribution >= 4 is 0 Å². The van der Waals surface area contributed by atoms with E-state index in [0.717, 1.165) is 0 Å². The van der Waals surface area contributed by atoms with Crippen molar-refractivity contribution in [3.05, 3.63) is 12.7 Å². The molecule has 2 N–H and O–H groups in total. The summed E-state index contributed by atoms with van der Waals surface area (Å²) in [6, 6.07) is 0. The van der Waals surface area contributed by atoms with Gasteiger partial charge in [0.2, 0.25) is 0 Å². The molecule has 0 aliphatic carbocycles.